The Balaban J connectivity index is 2.54. The Morgan fingerprint density at radius 1 is 1.25 bits per heavy atom. The molecule has 2 N–H and O–H groups in total. The summed E-state index contributed by atoms with van der Waals surface area (Å²) in [6.45, 7) is 4.90. The Hall–Kier alpha value is -1.54. The Bertz CT molecular complexity index is 509. The highest BCUT2D eigenvalue weighted by Gasteiger charge is 2.07. The number of nitrogens with two attached hydrogens (primary N) is 1. The van der Waals surface area contributed by atoms with Crippen LogP contribution in [0.1, 0.15) is 16.8 Å². The van der Waals surface area contributed by atoms with Crippen LogP contribution in [0.25, 0.3) is 11.1 Å². The second kappa shape index (κ2) is 4.14. The molecule has 0 bridgehead atoms. The number of nitrogens with zero attached hydrogens (tertiary/aromatic N) is 1. The lowest BCUT2D eigenvalue weighted by molar-refractivity contribution is 0.824. The van der Waals surface area contributed by atoms with Gasteiger partial charge in [0.2, 0.25) is 0 Å². The molecule has 2 nitrogen and oxygen atoms in total. The van der Waals surface area contributed by atoms with Crippen molar-refractivity contribution in [2.45, 2.75) is 20.4 Å². The first-order chi connectivity index (χ1) is 7.63. The Kier molecular flexibility index (Phi) is 2.84. The van der Waals surface area contributed by atoms with Crippen LogP contribution in [0, 0.1) is 13.8 Å². The maximum atomic E-state index is 5.69. The maximum absolute atomic E-state index is 5.69. The molecule has 0 aliphatic carbocycles. The fourth-order valence-electron chi connectivity index (χ4n) is 2.02. The second-order valence-corrected chi connectivity index (χ2v) is 4.28. The molecule has 0 aliphatic heterocycles. The summed E-state index contributed by atoms with van der Waals surface area (Å²) in [6.07, 6.45) is 2.14. The summed E-state index contributed by atoms with van der Waals surface area (Å²) in [5.41, 5.74) is 12.1. The van der Waals surface area contributed by atoms with Gasteiger partial charge in [-0.15, -0.1) is 0 Å². The molecule has 1 aromatic heterocycles. The van der Waals surface area contributed by atoms with Gasteiger partial charge in [0.1, 0.15) is 0 Å². The van der Waals surface area contributed by atoms with Crippen molar-refractivity contribution in [3.8, 4) is 11.1 Å². The van der Waals surface area contributed by atoms with E-state index in [0.717, 1.165) is 5.69 Å². The summed E-state index contributed by atoms with van der Waals surface area (Å²) in [6, 6.07) is 8.58. The molecule has 0 amide bonds. The molecule has 0 fully saturated rings. The van der Waals surface area contributed by atoms with Crippen LogP contribution in [-0.2, 0) is 13.6 Å². The van der Waals surface area contributed by atoms with E-state index in [-0.39, 0.29) is 0 Å². The van der Waals surface area contributed by atoms with Crippen molar-refractivity contribution in [3.63, 3.8) is 0 Å². The van der Waals surface area contributed by atoms with Crippen LogP contribution in [0.5, 0.6) is 0 Å². The highest BCUT2D eigenvalue weighted by atomic mass is 14.9. The zero-order valence-electron chi connectivity index (χ0n) is 10.1. The molecule has 0 spiro atoms. The van der Waals surface area contributed by atoms with Crippen molar-refractivity contribution in [3.05, 3.63) is 47.3 Å². The predicted octanol–water partition coefficient (Wildman–Crippen LogP) is 2.77. The lowest BCUT2D eigenvalue weighted by Crippen LogP contribution is -2.01. The van der Waals surface area contributed by atoms with Gasteiger partial charge < -0.3 is 10.3 Å². The van der Waals surface area contributed by atoms with E-state index in [2.05, 4.69) is 48.9 Å². The number of aromatic nitrogens is 1. The molecule has 1 aromatic carbocycles. The summed E-state index contributed by atoms with van der Waals surface area (Å²) in [5, 5.41) is 0. The van der Waals surface area contributed by atoms with Crippen LogP contribution in [0.3, 0.4) is 0 Å². The van der Waals surface area contributed by atoms with Crippen LogP contribution in [-0.4, -0.2) is 4.57 Å². The van der Waals surface area contributed by atoms with E-state index < -0.39 is 0 Å². The minimum atomic E-state index is 0.585. The largest absolute Gasteiger partial charge is 0.353 e. The number of aryl methyl sites for hydroxylation is 2. The van der Waals surface area contributed by atoms with E-state index in [4.69, 9.17) is 5.73 Å². The van der Waals surface area contributed by atoms with Gasteiger partial charge in [-0.25, -0.2) is 0 Å². The highest BCUT2D eigenvalue weighted by Crippen LogP contribution is 2.26. The normalized spacial score (nSPS) is 10.8. The predicted molar refractivity (Wildman–Crippen MR) is 68.2 cm³/mol. The van der Waals surface area contributed by atoms with E-state index in [1.54, 1.807) is 0 Å². The van der Waals surface area contributed by atoms with Crippen LogP contribution < -0.4 is 5.73 Å². The molecule has 16 heavy (non-hydrogen) atoms. The van der Waals surface area contributed by atoms with Crippen molar-refractivity contribution in [1.82, 2.24) is 4.57 Å². The van der Waals surface area contributed by atoms with Crippen molar-refractivity contribution in [2.24, 2.45) is 12.8 Å². The summed E-state index contributed by atoms with van der Waals surface area (Å²) >= 11 is 0. The first-order valence-electron chi connectivity index (χ1n) is 5.55. The van der Waals surface area contributed by atoms with E-state index in [1.165, 1.54) is 22.3 Å². The van der Waals surface area contributed by atoms with Gasteiger partial charge in [-0.05, 0) is 42.2 Å². The first kappa shape index (κ1) is 11.0. The summed E-state index contributed by atoms with van der Waals surface area (Å²) < 4.78 is 2.09. The minimum Gasteiger partial charge on any atom is -0.353 e. The van der Waals surface area contributed by atoms with Crippen LogP contribution >= 0.6 is 0 Å². The number of benzene rings is 1. The van der Waals surface area contributed by atoms with Gasteiger partial charge in [-0.1, -0.05) is 18.2 Å². The SMILES string of the molecule is Cc1cccc(-c2cc(CN)n(C)c2)c1C. The standard InChI is InChI=1S/C14H18N2/c1-10-5-4-6-14(11(10)2)12-7-13(8-15)16(3)9-12/h4-7,9H,8,15H2,1-3H3. The van der Waals surface area contributed by atoms with Gasteiger partial charge in [-0.3, -0.25) is 0 Å². The van der Waals surface area contributed by atoms with Crippen molar-refractivity contribution in [1.29, 1.82) is 0 Å². The topological polar surface area (TPSA) is 30.9 Å². The smallest absolute Gasteiger partial charge is 0.0334 e. The second-order valence-electron chi connectivity index (χ2n) is 4.28. The molecule has 0 radical (unpaired) electrons. The third-order valence-electron chi connectivity index (χ3n) is 3.23. The van der Waals surface area contributed by atoms with E-state index in [1.807, 2.05) is 7.05 Å². The number of hydrogen-bond acceptors (Lipinski definition) is 1. The van der Waals surface area contributed by atoms with Gasteiger partial charge >= 0.3 is 0 Å². The average molecular weight is 214 g/mol. The van der Waals surface area contributed by atoms with Crippen LogP contribution in [0.4, 0.5) is 0 Å². The molecule has 0 atom stereocenters. The van der Waals surface area contributed by atoms with Gasteiger partial charge in [0.05, 0.1) is 0 Å². The number of hydrogen-bond donors (Lipinski definition) is 1. The van der Waals surface area contributed by atoms with Crippen molar-refractivity contribution < 1.29 is 0 Å². The molecule has 2 aromatic rings. The summed E-state index contributed by atoms with van der Waals surface area (Å²) in [5.74, 6) is 0. The lowest BCUT2D eigenvalue weighted by Gasteiger charge is -2.06. The Morgan fingerprint density at radius 2 is 2.00 bits per heavy atom. The van der Waals surface area contributed by atoms with Crippen LogP contribution in [0.2, 0.25) is 0 Å². The Labute approximate surface area is 96.7 Å². The molecule has 2 rings (SSSR count). The minimum absolute atomic E-state index is 0.585. The quantitative estimate of drug-likeness (QED) is 0.818. The van der Waals surface area contributed by atoms with Crippen molar-refractivity contribution in [2.75, 3.05) is 0 Å². The van der Waals surface area contributed by atoms with Gasteiger partial charge in [0.25, 0.3) is 0 Å². The van der Waals surface area contributed by atoms with Gasteiger partial charge in [-0.2, -0.15) is 0 Å². The molecule has 0 unspecified atom stereocenters. The molecular weight excluding hydrogens is 196 g/mol. The maximum Gasteiger partial charge on any atom is 0.0334 e. The van der Waals surface area contributed by atoms with Crippen molar-refractivity contribution >= 4 is 0 Å². The third-order valence-corrected chi connectivity index (χ3v) is 3.23. The van der Waals surface area contributed by atoms with Crippen LogP contribution in [0.15, 0.2) is 30.5 Å². The molecule has 0 aliphatic rings. The monoisotopic (exact) mass is 214 g/mol. The number of rotatable bonds is 2. The first-order valence-corrected chi connectivity index (χ1v) is 5.55. The van der Waals surface area contributed by atoms with E-state index >= 15 is 0 Å². The summed E-state index contributed by atoms with van der Waals surface area (Å²) in [7, 11) is 2.04. The zero-order chi connectivity index (χ0) is 11.7. The Morgan fingerprint density at radius 3 is 2.62 bits per heavy atom. The molecule has 1 heterocycles. The van der Waals surface area contributed by atoms with E-state index in [9.17, 15) is 0 Å². The zero-order valence-corrected chi connectivity index (χ0v) is 10.1. The fraction of sp³-hybridized carbons (Fsp3) is 0.286. The lowest BCUT2D eigenvalue weighted by atomic mass is 9.99. The van der Waals surface area contributed by atoms with E-state index in [0.29, 0.717) is 6.54 Å². The average Bonchev–Trinajstić information content (AvgIpc) is 2.63. The molecule has 0 saturated heterocycles. The summed E-state index contributed by atoms with van der Waals surface area (Å²) in [4.78, 5) is 0. The molecule has 0 saturated carbocycles. The molecule has 2 heteroatoms. The fourth-order valence-corrected chi connectivity index (χ4v) is 2.02. The highest BCUT2D eigenvalue weighted by molar-refractivity contribution is 5.68. The van der Waals surface area contributed by atoms with Gasteiger partial charge in [0, 0.05) is 25.5 Å². The van der Waals surface area contributed by atoms with Gasteiger partial charge in [0.15, 0.2) is 0 Å². The third kappa shape index (κ3) is 1.76. The molecule has 84 valence electrons. The molecular formula is C14H18N2.